The molecule has 12 heteroatoms. The molecular weight excluding hydrogens is 458 g/mol. The van der Waals surface area contributed by atoms with Crippen LogP contribution in [-0.2, 0) is 14.8 Å². The Morgan fingerprint density at radius 2 is 1.91 bits per heavy atom. The summed E-state index contributed by atoms with van der Waals surface area (Å²) in [7, 11) is -3.55. The van der Waals surface area contributed by atoms with Gasteiger partial charge in [0, 0.05) is 22.7 Å². The van der Waals surface area contributed by atoms with Gasteiger partial charge in [0.15, 0.2) is 6.54 Å². The topological polar surface area (TPSA) is 126 Å². The molecule has 0 aromatic heterocycles. The van der Waals surface area contributed by atoms with Crippen LogP contribution in [0.15, 0.2) is 52.5 Å². The fourth-order valence-electron chi connectivity index (χ4n) is 3.26. The lowest BCUT2D eigenvalue weighted by Crippen LogP contribution is -3.15. The van der Waals surface area contributed by atoms with Crippen molar-refractivity contribution >= 4 is 39.4 Å². The first kappa shape index (κ1) is 23.8. The van der Waals surface area contributed by atoms with Crippen LogP contribution in [0.25, 0.3) is 0 Å². The first-order valence-electron chi connectivity index (χ1n) is 9.83. The Bertz CT molecular complexity index is 1130. The van der Waals surface area contributed by atoms with Gasteiger partial charge in [0.25, 0.3) is 11.6 Å². The van der Waals surface area contributed by atoms with Crippen LogP contribution in [0.3, 0.4) is 0 Å². The first-order chi connectivity index (χ1) is 15.2. The van der Waals surface area contributed by atoms with E-state index in [0.717, 1.165) is 10.5 Å². The van der Waals surface area contributed by atoms with Crippen LogP contribution in [0.4, 0.5) is 5.69 Å². The smallest absolute Gasteiger partial charge is 0.295 e. The summed E-state index contributed by atoms with van der Waals surface area (Å²) in [5, 5.41) is 14.9. The number of carbonyl (C=O) groups excluding carboxylic acids is 1. The van der Waals surface area contributed by atoms with Crippen LogP contribution in [0.2, 0.25) is 5.02 Å². The summed E-state index contributed by atoms with van der Waals surface area (Å²) in [5.74, 6) is -0.354. The van der Waals surface area contributed by atoms with Gasteiger partial charge in [-0.2, -0.15) is 9.41 Å². The number of non-ortho nitro benzene ring substituents is 1. The van der Waals surface area contributed by atoms with Gasteiger partial charge < -0.3 is 4.90 Å². The maximum atomic E-state index is 12.8. The average Bonchev–Trinajstić information content (AvgIpc) is 2.75. The number of hydrogen-bond donors (Lipinski definition) is 2. The summed E-state index contributed by atoms with van der Waals surface area (Å²) in [6, 6.07) is 10.7. The number of piperazine rings is 1. The molecule has 32 heavy (non-hydrogen) atoms. The van der Waals surface area contributed by atoms with Gasteiger partial charge in [-0.3, -0.25) is 14.9 Å². The molecule has 1 amide bonds. The van der Waals surface area contributed by atoms with E-state index in [1.54, 1.807) is 24.3 Å². The highest BCUT2D eigenvalue weighted by molar-refractivity contribution is 7.89. The van der Waals surface area contributed by atoms with E-state index < -0.39 is 14.9 Å². The second kappa shape index (κ2) is 10.2. The molecule has 2 aromatic carbocycles. The molecule has 1 fully saturated rings. The quantitative estimate of drug-likeness (QED) is 0.341. The number of aryl methyl sites for hydroxylation is 1. The minimum atomic E-state index is -3.55. The van der Waals surface area contributed by atoms with E-state index in [-0.39, 0.29) is 28.1 Å². The lowest BCUT2D eigenvalue weighted by Gasteiger charge is -2.31. The van der Waals surface area contributed by atoms with Crippen molar-refractivity contribution in [1.82, 2.24) is 9.73 Å². The summed E-state index contributed by atoms with van der Waals surface area (Å²) in [5.41, 5.74) is 3.54. The molecule has 170 valence electrons. The monoisotopic (exact) mass is 480 g/mol. The fourth-order valence-corrected chi connectivity index (χ4v) is 4.87. The number of nitro groups is 1. The zero-order valence-corrected chi connectivity index (χ0v) is 18.9. The van der Waals surface area contributed by atoms with Gasteiger partial charge in [-0.15, -0.1) is 0 Å². The van der Waals surface area contributed by atoms with Crippen LogP contribution in [0, 0.1) is 17.0 Å². The van der Waals surface area contributed by atoms with Gasteiger partial charge in [0.1, 0.15) is 0 Å². The van der Waals surface area contributed by atoms with E-state index >= 15 is 0 Å². The number of hydrazone groups is 1. The number of hydrogen-bond acceptors (Lipinski definition) is 6. The van der Waals surface area contributed by atoms with E-state index in [2.05, 4.69) is 10.5 Å². The van der Waals surface area contributed by atoms with Crippen LogP contribution >= 0.6 is 11.6 Å². The number of halogens is 1. The summed E-state index contributed by atoms with van der Waals surface area (Å²) in [4.78, 5) is 23.7. The molecule has 1 aliphatic heterocycles. The second-order valence-electron chi connectivity index (χ2n) is 7.40. The molecule has 1 aliphatic rings. The third kappa shape index (κ3) is 5.88. The van der Waals surface area contributed by atoms with Gasteiger partial charge in [0.2, 0.25) is 10.0 Å². The van der Waals surface area contributed by atoms with Gasteiger partial charge in [0.05, 0.1) is 42.2 Å². The number of carbonyl (C=O) groups is 1. The molecule has 0 radical (unpaired) electrons. The van der Waals surface area contributed by atoms with Crippen molar-refractivity contribution < 1.29 is 23.0 Å². The Balaban J connectivity index is 1.50. The summed E-state index contributed by atoms with van der Waals surface area (Å²) in [6.07, 6.45) is 1.24. The van der Waals surface area contributed by atoms with E-state index in [1.807, 2.05) is 6.92 Å². The normalized spacial score (nSPS) is 15.7. The molecule has 2 N–H and O–H groups in total. The number of amides is 1. The first-order valence-corrected chi connectivity index (χ1v) is 11.6. The van der Waals surface area contributed by atoms with Crippen molar-refractivity contribution in [3.8, 4) is 0 Å². The lowest BCUT2D eigenvalue weighted by atomic mass is 10.2. The predicted molar refractivity (Wildman–Crippen MR) is 119 cm³/mol. The van der Waals surface area contributed by atoms with Crippen LogP contribution in [0.1, 0.15) is 11.1 Å². The SMILES string of the molecule is Cc1ccc(S(=O)(=O)N2CC[NH+](CC(=O)N/N=C\c3cc([N+](=O)[O-])ccc3Cl)CC2)cc1. The Kier molecular flexibility index (Phi) is 7.56. The van der Waals surface area contributed by atoms with Crippen LogP contribution in [-0.4, -0.2) is 62.5 Å². The highest BCUT2D eigenvalue weighted by atomic mass is 35.5. The van der Waals surface area contributed by atoms with Gasteiger partial charge in [-0.25, -0.2) is 13.8 Å². The third-order valence-electron chi connectivity index (χ3n) is 5.08. The number of benzene rings is 2. The Hall–Kier alpha value is -2.86. The number of nitrogens with zero attached hydrogens (tertiary/aromatic N) is 3. The molecule has 0 aliphatic carbocycles. The average molecular weight is 481 g/mol. The van der Waals surface area contributed by atoms with Crippen molar-refractivity contribution in [2.75, 3.05) is 32.7 Å². The van der Waals surface area contributed by atoms with Crippen molar-refractivity contribution in [3.63, 3.8) is 0 Å². The summed E-state index contributed by atoms with van der Waals surface area (Å²) >= 11 is 5.99. The summed E-state index contributed by atoms with van der Waals surface area (Å²) in [6.45, 7) is 3.61. The maximum absolute atomic E-state index is 12.8. The zero-order chi connectivity index (χ0) is 23.3. The molecule has 2 aromatic rings. The number of nitrogens with one attached hydrogen (secondary N) is 2. The summed E-state index contributed by atoms with van der Waals surface area (Å²) < 4.78 is 27.0. The molecule has 0 spiro atoms. The van der Waals surface area contributed by atoms with Gasteiger partial charge in [-0.1, -0.05) is 29.3 Å². The molecule has 0 unspecified atom stereocenters. The Labute approximate surface area is 190 Å². The molecule has 1 saturated heterocycles. The van der Waals surface area contributed by atoms with E-state index in [0.29, 0.717) is 31.7 Å². The minimum absolute atomic E-state index is 0.123. The Morgan fingerprint density at radius 3 is 2.53 bits per heavy atom. The number of nitro benzene ring substituents is 1. The van der Waals surface area contributed by atoms with E-state index in [9.17, 15) is 23.3 Å². The number of quaternary nitrogens is 1. The van der Waals surface area contributed by atoms with Crippen molar-refractivity contribution in [1.29, 1.82) is 0 Å². The van der Waals surface area contributed by atoms with Crippen molar-refractivity contribution in [2.45, 2.75) is 11.8 Å². The van der Waals surface area contributed by atoms with Crippen LogP contribution < -0.4 is 10.3 Å². The second-order valence-corrected chi connectivity index (χ2v) is 9.75. The number of sulfonamides is 1. The van der Waals surface area contributed by atoms with Crippen molar-refractivity contribution in [3.05, 3.63) is 68.7 Å². The zero-order valence-electron chi connectivity index (χ0n) is 17.3. The minimum Gasteiger partial charge on any atom is -0.325 e. The number of rotatable bonds is 7. The largest absolute Gasteiger partial charge is 0.325 e. The van der Waals surface area contributed by atoms with Crippen LogP contribution in [0.5, 0.6) is 0 Å². The molecule has 10 nitrogen and oxygen atoms in total. The van der Waals surface area contributed by atoms with E-state index in [4.69, 9.17) is 11.6 Å². The fraction of sp³-hybridized carbons (Fsp3) is 0.300. The highest BCUT2D eigenvalue weighted by Crippen LogP contribution is 2.20. The van der Waals surface area contributed by atoms with E-state index in [1.165, 1.54) is 28.7 Å². The maximum Gasteiger partial charge on any atom is 0.295 e. The standard InChI is InChI=1S/C20H22ClN5O5S/c1-15-2-5-18(6-3-15)32(30,31)25-10-8-24(9-11-25)14-20(27)23-22-13-16-12-17(26(28)29)4-7-19(16)21/h2-7,12-13H,8-11,14H2,1H3,(H,23,27)/p+1/b22-13-. The molecule has 0 bridgehead atoms. The molecular formula is C20H23ClN5O5S+. The molecule has 0 saturated carbocycles. The van der Waals surface area contributed by atoms with Gasteiger partial charge in [-0.05, 0) is 25.1 Å². The molecule has 0 atom stereocenters. The van der Waals surface area contributed by atoms with Gasteiger partial charge >= 0.3 is 0 Å². The van der Waals surface area contributed by atoms with Crippen molar-refractivity contribution in [2.24, 2.45) is 5.10 Å². The highest BCUT2D eigenvalue weighted by Gasteiger charge is 2.31. The molecule has 3 rings (SSSR count). The lowest BCUT2D eigenvalue weighted by molar-refractivity contribution is -0.895. The Morgan fingerprint density at radius 1 is 1.25 bits per heavy atom. The third-order valence-corrected chi connectivity index (χ3v) is 7.34. The predicted octanol–water partition coefficient (Wildman–Crippen LogP) is 0.596. The molecule has 1 heterocycles.